The lowest BCUT2D eigenvalue weighted by Gasteiger charge is -2.34. The van der Waals surface area contributed by atoms with E-state index < -0.39 is 0 Å². The average Bonchev–Trinajstić information content (AvgIpc) is 3.38. The van der Waals surface area contributed by atoms with Crippen LogP contribution in [-0.2, 0) is 0 Å². The maximum Gasteiger partial charge on any atom is 0.253 e. The minimum absolute atomic E-state index is 0.129. The molecule has 110 valence electrons. The Morgan fingerprint density at radius 1 is 1.14 bits per heavy atom. The molecule has 0 radical (unpaired) electrons. The molecule has 2 aliphatic rings. The number of carbonyl (C=O) groups excluding carboxylic acids is 1. The van der Waals surface area contributed by atoms with Crippen LogP contribution in [0.2, 0.25) is 0 Å². The molecule has 4 nitrogen and oxygen atoms in total. The van der Waals surface area contributed by atoms with Gasteiger partial charge in [0.15, 0.2) is 0 Å². The van der Waals surface area contributed by atoms with Gasteiger partial charge in [0, 0.05) is 43.3 Å². The molecule has 1 aromatic carbocycles. The number of amides is 1. The van der Waals surface area contributed by atoms with Gasteiger partial charge in [0.2, 0.25) is 0 Å². The molecular weight excluding hydrogens is 262 g/mol. The Labute approximate surface area is 125 Å². The smallest absolute Gasteiger partial charge is 0.253 e. The molecule has 2 fully saturated rings. The van der Waals surface area contributed by atoms with E-state index in [1.54, 1.807) is 0 Å². The van der Waals surface area contributed by atoms with E-state index in [1.807, 2.05) is 29.2 Å². The molecule has 0 atom stereocenters. The minimum Gasteiger partial charge on any atom is -0.336 e. The third kappa shape index (κ3) is 3.44. The summed E-state index contributed by atoms with van der Waals surface area (Å²) in [5, 5.41) is 0. The molecule has 1 aliphatic carbocycles. The van der Waals surface area contributed by atoms with E-state index in [4.69, 9.17) is 5.73 Å². The van der Waals surface area contributed by atoms with E-state index in [1.165, 1.54) is 12.8 Å². The van der Waals surface area contributed by atoms with Crippen molar-refractivity contribution < 1.29 is 4.79 Å². The summed E-state index contributed by atoms with van der Waals surface area (Å²) >= 11 is 0. The molecular formula is C17H21N3O. The SMILES string of the molecule is NCC#Cc1ccc(C(=O)N2CCN(C3CC3)CC2)cc1. The summed E-state index contributed by atoms with van der Waals surface area (Å²) in [4.78, 5) is 16.9. The first-order chi connectivity index (χ1) is 10.3. The van der Waals surface area contributed by atoms with Crippen molar-refractivity contribution >= 4 is 5.91 Å². The van der Waals surface area contributed by atoms with E-state index in [2.05, 4.69) is 16.7 Å². The Morgan fingerprint density at radius 2 is 1.81 bits per heavy atom. The Bertz CT molecular complexity index is 558. The average molecular weight is 283 g/mol. The molecule has 1 heterocycles. The van der Waals surface area contributed by atoms with Crippen molar-refractivity contribution in [1.82, 2.24) is 9.80 Å². The van der Waals surface area contributed by atoms with Gasteiger partial charge in [-0.15, -0.1) is 0 Å². The molecule has 0 unspecified atom stereocenters. The second-order valence-electron chi connectivity index (χ2n) is 5.64. The first-order valence-corrected chi connectivity index (χ1v) is 7.60. The van der Waals surface area contributed by atoms with Gasteiger partial charge in [0.25, 0.3) is 5.91 Å². The first-order valence-electron chi connectivity index (χ1n) is 7.60. The van der Waals surface area contributed by atoms with Gasteiger partial charge in [-0.2, -0.15) is 0 Å². The third-order valence-corrected chi connectivity index (χ3v) is 4.13. The van der Waals surface area contributed by atoms with E-state index in [9.17, 15) is 4.79 Å². The number of carbonyl (C=O) groups is 1. The van der Waals surface area contributed by atoms with Crippen LogP contribution in [0.3, 0.4) is 0 Å². The molecule has 2 N–H and O–H groups in total. The lowest BCUT2D eigenvalue weighted by atomic mass is 10.1. The molecule has 21 heavy (non-hydrogen) atoms. The van der Waals surface area contributed by atoms with Crippen LogP contribution in [0, 0.1) is 11.8 Å². The molecule has 3 rings (SSSR count). The standard InChI is InChI=1S/C17H21N3O/c18-9-1-2-14-3-5-15(6-4-14)17(21)20-12-10-19(11-13-20)16-7-8-16/h3-6,16H,7-13,18H2. The van der Waals surface area contributed by atoms with Crippen molar-refractivity contribution in [2.75, 3.05) is 32.7 Å². The second kappa shape index (κ2) is 6.30. The van der Waals surface area contributed by atoms with Crippen molar-refractivity contribution in [2.45, 2.75) is 18.9 Å². The lowest BCUT2D eigenvalue weighted by Crippen LogP contribution is -2.49. The van der Waals surface area contributed by atoms with Crippen LogP contribution in [-0.4, -0.2) is 54.5 Å². The van der Waals surface area contributed by atoms with Gasteiger partial charge in [0.05, 0.1) is 6.54 Å². The highest BCUT2D eigenvalue weighted by Gasteiger charge is 2.32. The van der Waals surface area contributed by atoms with Gasteiger partial charge in [-0.25, -0.2) is 0 Å². The van der Waals surface area contributed by atoms with Gasteiger partial charge < -0.3 is 10.6 Å². The number of piperazine rings is 1. The fraction of sp³-hybridized carbons (Fsp3) is 0.471. The summed E-state index contributed by atoms with van der Waals surface area (Å²) in [5.74, 6) is 5.91. The quantitative estimate of drug-likeness (QED) is 0.821. The third-order valence-electron chi connectivity index (χ3n) is 4.13. The number of hydrogen-bond acceptors (Lipinski definition) is 3. The molecule has 4 heteroatoms. The molecule has 1 saturated heterocycles. The molecule has 0 spiro atoms. The highest BCUT2D eigenvalue weighted by Crippen LogP contribution is 2.27. The normalized spacial score (nSPS) is 19.0. The van der Waals surface area contributed by atoms with E-state index >= 15 is 0 Å². The van der Waals surface area contributed by atoms with Crippen LogP contribution in [0.25, 0.3) is 0 Å². The van der Waals surface area contributed by atoms with Crippen molar-refractivity contribution in [3.05, 3.63) is 35.4 Å². The maximum absolute atomic E-state index is 12.5. The Balaban J connectivity index is 1.59. The van der Waals surface area contributed by atoms with Crippen LogP contribution in [0.15, 0.2) is 24.3 Å². The van der Waals surface area contributed by atoms with Gasteiger partial charge >= 0.3 is 0 Å². The zero-order valence-corrected chi connectivity index (χ0v) is 12.2. The summed E-state index contributed by atoms with van der Waals surface area (Å²) in [7, 11) is 0. The molecule has 1 aromatic rings. The van der Waals surface area contributed by atoms with Crippen LogP contribution in [0.5, 0.6) is 0 Å². The highest BCUT2D eigenvalue weighted by atomic mass is 16.2. The predicted octanol–water partition coefficient (Wildman–Crippen LogP) is 0.917. The summed E-state index contributed by atoms with van der Waals surface area (Å²) in [6.45, 7) is 4.05. The van der Waals surface area contributed by atoms with Gasteiger partial charge in [0.1, 0.15) is 0 Å². The molecule has 1 aliphatic heterocycles. The number of nitrogens with zero attached hydrogens (tertiary/aromatic N) is 2. The van der Waals surface area contributed by atoms with Crippen LogP contribution < -0.4 is 5.73 Å². The van der Waals surface area contributed by atoms with Crippen molar-refractivity contribution in [2.24, 2.45) is 5.73 Å². The summed E-state index contributed by atoms with van der Waals surface area (Å²) in [6, 6.07) is 8.28. The Kier molecular flexibility index (Phi) is 4.23. The minimum atomic E-state index is 0.129. The first kappa shape index (κ1) is 14.1. The monoisotopic (exact) mass is 283 g/mol. The Morgan fingerprint density at radius 3 is 2.38 bits per heavy atom. The highest BCUT2D eigenvalue weighted by molar-refractivity contribution is 5.94. The number of hydrogen-bond donors (Lipinski definition) is 1. The van der Waals surface area contributed by atoms with Gasteiger partial charge in [-0.05, 0) is 37.1 Å². The topological polar surface area (TPSA) is 49.6 Å². The summed E-state index contributed by atoms with van der Waals surface area (Å²) in [5.41, 5.74) is 6.99. The fourth-order valence-corrected chi connectivity index (χ4v) is 2.76. The lowest BCUT2D eigenvalue weighted by molar-refractivity contribution is 0.0627. The fourth-order valence-electron chi connectivity index (χ4n) is 2.76. The summed E-state index contributed by atoms with van der Waals surface area (Å²) < 4.78 is 0. The number of benzene rings is 1. The zero-order valence-electron chi connectivity index (χ0n) is 12.2. The van der Waals surface area contributed by atoms with Crippen LogP contribution in [0.4, 0.5) is 0 Å². The van der Waals surface area contributed by atoms with Crippen LogP contribution in [0.1, 0.15) is 28.8 Å². The number of rotatable bonds is 2. The van der Waals surface area contributed by atoms with Gasteiger partial charge in [-0.3, -0.25) is 9.69 Å². The number of nitrogens with two attached hydrogens (primary N) is 1. The van der Waals surface area contributed by atoms with E-state index in [-0.39, 0.29) is 5.91 Å². The van der Waals surface area contributed by atoms with E-state index in [0.717, 1.165) is 43.3 Å². The molecule has 0 bridgehead atoms. The maximum atomic E-state index is 12.5. The largest absolute Gasteiger partial charge is 0.336 e. The van der Waals surface area contributed by atoms with Crippen molar-refractivity contribution in [3.8, 4) is 11.8 Å². The molecule has 1 saturated carbocycles. The van der Waals surface area contributed by atoms with Crippen molar-refractivity contribution in [3.63, 3.8) is 0 Å². The summed E-state index contributed by atoms with van der Waals surface area (Å²) in [6.07, 6.45) is 2.67. The van der Waals surface area contributed by atoms with Crippen molar-refractivity contribution in [1.29, 1.82) is 0 Å². The Hall–Kier alpha value is -1.83. The predicted molar refractivity (Wildman–Crippen MR) is 82.9 cm³/mol. The van der Waals surface area contributed by atoms with Crippen LogP contribution >= 0.6 is 0 Å². The van der Waals surface area contributed by atoms with E-state index in [0.29, 0.717) is 6.54 Å². The van der Waals surface area contributed by atoms with Gasteiger partial charge in [-0.1, -0.05) is 11.8 Å². The molecule has 1 amide bonds. The molecule has 0 aromatic heterocycles. The zero-order chi connectivity index (χ0) is 14.7. The second-order valence-corrected chi connectivity index (χ2v) is 5.64.